The quantitative estimate of drug-likeness (QED) is 0.212. The fourth-order valence-corrected chi connectivity index (χ4v) is 1.47. The number of carbonyl (C=O) groups is 1. The van der Waals surface area contributed by atoms with Crippen molar-refractivity contribution in [2.75, 3.05) is 13.4 Å². The van der Waals surface area contributed by atoms with E-state index in [-0.39, 0.29) is 5.44 Å². The Morgan fingerprint density at radius 2 is 1.75 bits per heavy atom. The van der Waals surface area contributed by atoms with Gasteiger partial charge >= 0.3 is 0 Å². The smallest absolute Gasteiger partial charge is 0.294 e. The minimum atomic E-state index is -0.00231. The fourth-order valence-electron chi connectivity index (χ4n) is 1.32. The summed E-state index contributed by atoms with van der Waals surface area (Å²) in [5.74, 6) is 0.446. The van der Waals surface area contributed by atoms with Gasteiger partial charge in [-0.25, -0.2) is 4.99 Å². The summed E-state index contributed by atoms with van der Waals surface area (Å²) >= 11 is 1.50. The standard InChI is InChI=1S/C13H19N3.C4H8O2S.C4H10O/c1-10(2)8-15-16-9-14-13-7-11(3)5-6-12(13)4;1-4(7-2)6-3-5;1-4(2)5-3/h5-10H,1-4H3,(H,14,16);3-4H,1-2H3;4H,1-3H3/b15-8+;;. The van der Waals surface area contributed by atoms with Gasteiger partial charge in [0.05, 0.1) is 11.8 Å². The first-order valence-electron chi connectivity index (χ1n) is 9.21. The predicted molar refractivity (Wildman–Crippen MR) is 123 cm³/mol. The molecule has 1 aromatic carbocycles. The van der Waals surface area contributed by atoms with Crippen LogP contribution in [0.15, 0.2) is 28.3 Å². The average molecular weight is 412 g/mol. The third-order valence-corrected chi connectivity index (χ3v) is 3.90. The topological polar surface area (TPSA) is 72.3 Å². The number of aliphatic imine (C=N–C) groups is 1. The molecule has 0 saturated heterocycles. The summed E-state index contributed by atoms with van der Waals surface area (Å²) in [6.07, 6.45) is 5.72. The zero-order chi connectivity index (χ0) is 21.9. The van der Waals surface area contributed by atoms with Crippen molar-refractivity contribution in [1.82, 2.24) is 5.43 Å². The first-order valence-corrected chi connectivity index (χ1v) is 10.5. The van der Waals surface area contributed by atoms with Crippen LogP contribution in [0.1, 0.15) is 45.7 Å². The van der Waals surface area contributed by atoms with Gasteiger partial charge in [0.1, 0.15) is 11.8 Å². The van der Waals surface area contributed by atoms with Gasteiger partial charge in [-0.15, -0.1) is 11.8 Å². The molecule has 1 unspecified atom stereocenters. The maximum atomic E-state index is 9.54. The maximum Gasteiger partial charge on any atom is 0.294 e. The van der Waals surface area contributed by atoms with E-state index in [4.69, 9.17) is 4.74 Å². The molecule has 1 rings (SSSR count). The lowest BCUT2D eigenvalue weighted by molar-refractivity contribution is -0.129. The van der Waals surface area contributed by atoms with E-state index in [1.54, 1.807) is 13.4 Å². The number of methoxy groups -OCH3 is 1. The van der Waals surface area contributed by atoms with Crippen molar-refractivity contribution in [3.8, 4) is 0 Å². The van der Waals surface area contributed by atoms with Crippen LogP contribution >= 0.6 is 11.8 Å². The molecule has 0 heterocycles. The van der Waals surface area contributed by atoms with Gasteiger partial charge in [0.25, 0.3) is 6.47 Å². The van der Waals surface area contributed by atoms with Crippen molar-refractivity contribution in [3.63, 3.8) is 0 Å². The van der Waals surface area contributed by atoms with Crippen LogP contribution in [0.4, 0.5) is 5.69 Å². The first-order chi connectivity index (χ1) is 13.2. The van der Waals surface area contributed by atoms with Crippen LogP contribution in [0.25, 0.3) is 0 Å². The molecule has 1 atom stereocenters. The second kappa shape index (κ2) is 18.5. The summed E-state index contributed by atoms with van der Waals surface area (Å²) in [5.41, 5.74) is 6.14. The zero-order valence-electron chi connectivity index (χ0n) is 18.7. The van der Waals surface area contributed by atoms with E-state index in [9.17, 15) is 4.79 Å². The van der Waals surface area contributed by atoms with Gasteiger partial charge in [-0.2, -0.15) is 5.10 Å². The van der Waals surface area contributed by atoms with E-state index >= 15 is 0 Å². The predicted octanol–water partition coefficient (Wildman–Crippen LogP) is 5.10. The Morgan fingerprint density at radius 3 is 2.18 bits per heavy atom. The van der Waals surface area contributed by atoms with Crippen LogP contribution in [0, 0.1) is 19.8 Å². The molecule has 0 amide bonds. The highest BCUT2D eigenvalue weighted by Crippen LogP contribution is 2.18. The van der Waals surface area contributed by atoms with Gasteiger partial charge in [0.2, 0.25) is 0 Å². The number of carbonyl (C=O) groups excluding carboxylic acids is 1. The minimum Gasteiger partial charge on any atom is -0.454 e. The van der Waals surface area contributed by atoms with Crippen molar-refractivity contribution in [1.29, 1.82) is 0 Å². The molecule has 0 aliphatic rings. The number of nitrogens with zero attached hydrogens (tertiary/aromatic N) is 2. The first kappa shape index (κ1) is 28.4. The molecule has 160 valence electrons. The highest BCUT2D eigenvalue weighted by Gasteiger charge is 1.94. The van der Waals surface area contributed by atoms with Gasteiger partial charge in [-0.05, 0) is 64.0 Å². The molecule has 28 heavy (non-hydrogen) atoms. The Bertz CT molecular complexity index is 576. The largest absolute Gasteiger partial charge is 0.454 e. The summed E-state index contributed by atoms with van der Waals surface area (Å²) in [6, 6.07) is 6.21. The molecule has 0 fully saturated rings. The molecule has 6 nitrogen and oxygen atoms in total. The minimum absolute atomic E-state index is 0.00231. The monoisotopic (exact) mass is 411 g/mol. The summed E-state index contributed by atoms with van der Waals surface area (Å²) < 4.78 is 9.22. The van der Waals surface area contributed by atoms with Crippen LogP contribution in [0.3, 0.4) is 0 Å². The molecule has 1 aromatic rings. The number of hydrazone groups is 1. The molecule has 1 N–H and O–H groups in total. The summed E-state index contributed by atoms with van der Waals surface area (Å²) in [4.78, 5) is 13.9. The molecule has 0 bridgehead atoms. The van der Waals surface area contributed by atoms with Crippen molar-refractivity contribution in [3.05, 3.63) is 29.3 Å². The lowest BCUT2D eigenvalue weighted by Crippen LogP contribution is -2.03. The Kier molecular flexibility index (Phi) is 18.7. The van der Waals surface area contributed by atoms with E-state index in [0.29, 0.717) is 18.5 Å². The second-order valence-electron chi connectivity index (χ2n) is 6.52. The summed E-state index contributed by atoms with van der Waals surface area (Å²) in [6.45, 7) is 14.5. The number of nitrogens with one attached hydrogen (secondary N) is 1. The second-order valence-corrected chi connectivity index (χ2v) is 7.65. The number of hydrogen-bond donors (Lipinski definition) is 1. The van der Waals surface area contributed by atoms with Crippen molar-refractivity contribution >= 4 is 36.5 Å². The molecule has 0 spiro atoms. The molecule has 0 radical (unpaired) electrons. The molecule has 7 heteroatoms. The number of thioether (sulfide) groups is 1. The molecule has 0 aliphatic carbocycles. The molecular weight excluding hydrogens is 374 g/mol. The third-order valence-electron chi connectivity index (χ3n) is 3.12. The van der Waals surface area contributed by atoms with Gasteiger partial charge in [0, 0.05) is 13.3 Å². The summed E-state index contributed by atoms with van der Waals surface area (Å²) in [7, 11) is 1.70. The average Bonchev–Trinajstić information content (AvgIpc) is 2.65. The van der Waals surface area contributed by atoms with E-state index in [2.05, 4.69) is 59.2 Å². The van der Waals surface area contributed by atoms with Crippen LogP contribution < -0.4 is 5.43 Å². The van der Waals surface area contributed by atoms with Crippen molar-refractivity contribution in [2.45, 2.75) is 60.0 Å². The Balaban J connectivity index is 0. The van der Waals surface area contributed by atoms with E-state index in [1.807, 2.05) is 40.2 Å². The number of benzene rings is 1. The van der Waals surface area contributed by atoms with Crippen molar-refractivity contribution in [2.24, 2.45) is 16.0 Å². The van der Waals surface area contributed by atoms with Crippen LogP contribution in [-0.2, 0) is 14.3 Å². The lowest BCUT2D eigenvalue weighted by atomic mass is 10.1. The van der Waals surface area contributed by atoms with Gasteiger partial charge < -0.3 is 9.47 Å². The van der Waals surface area contributed by atoms with E-state index < -0.39 is 0 Å². The zero-order valence-corrected chi connectivity index (χ0v) is 19.5. The van der Waals surface area contributed by atoms with Gasteiger partial charge in [-0.1, -0.05) is 26.0 Å². The number of hydrogen-bond acceptors (Lipinski definition) is 6. The molecule has 0 aliphatic heterocycles. The number of ether oxygens (including phenoxy) is 2. The lowest BCUT2D eigenvalue weighted by Gasteiger charge is -2.01. The fraction of sp³-hybridized carbons (Fsp3) is 0.571. The van der Waals surface area contributed by atoms with Gasteiger partial charge in [0.15, 0.2) is 0 Å². The number of rotatable bonds is 8. The van der Waals surface area contributed by atoms with Gasteiger partial charge in [-0.3, -0.25) is 10.2 Å². The van der Waals surface area contributed by atoms with Crippen LogP contribution in [0.5, 0.6) is 0 Å². The highest BCUT2D eigenvalue weighted by molar-refractivity contribution is 7.99. The van der Waals surface area contributed by atoms with Crippen LogP contribution in [0.2, 0.25) is 0 Å². The Labute approximate surface area is 175 Å². The normalized spacial score (nSPS) is 11.7. The Morgan fingerprint density at radius 1 is 1.14 bits per heavy atom. The Hall–Kier alpha value is -1.86. The molecule has 0 aromatic heterocycles. The number of aryl methyl sites for hydroxylation is 2. The van der Waals surface area contributed by atoms with E-state index in [0.717, 1.165) is 11.3 Å². The summed E-state index contributed by atoms with van der Waals surface area (Å²) in [5, 5.41) is 4.01. The molecule has 0 saturated carbocycles. The van der Waals surface area contributed by atoms with Crippen LogP contribution in [-0.4, -0.2) is 43.9 Å². The third kappa shape index (κ3) is 18.9. The van der Waals surface area contributed by atoms with Crippen molar-refractivity contribution < 1.29 is 14.3 Å². The maximum absolute atomic E-state index is 9.54. The molecular formula is C21H37N3O3S. The highest BCUT2D eigenvalue weighted by atomic mass is 32.2. The SMILES string of the molecule is COC(C)C.CSC(C)OC=O.Cc1ccc(C)c(N=CN/N=C/C(C)C)c1. The van der Waals surface area contributed by atoms with E-state index in [1.165, 1.54) is 17.3 Å².